The van der Waals surface area contributed by atoms with Gasteiger partial charge in [0.25, 0.3) is 0 Å². The molecule has 2 unspecified atom stereocenters. The molecule has 0 amide bonds. The number of hydrogen-bond acceptors (Lipinski definition) is 10. The molecule has 0 bridgehead atoms. The number of halogens is 1. The van der Waals surface area contributed by atoms with Crippen LogP contribution in [0.5, 0.6) is 0 Å². The molecule has 3 aliphatic heterocycles. The largest absolute Gasteiger partial charge is 0.457 e. The number of hydrogen-bond donors (Lipinski definition) is 2. The number of epoxide rings is 1. The van der Waals surface area contributed by atoms with Crippen molar-refractivity contribution in [2.75, 3.05) is 13.8 Å². The van der Waals surface area contributed by atoms with Crippen LogP contribution in [-0.2, 0) is 39.8 Å². The van der Waals surface area contributed by atoms with E-state index in [0.29, 0.717) is 18.3 Å². The number of rotatable bonds is 11. The first-order valence-electron chi connectivity index (χ1n) is 17.7. The molecule has 1 aromatic rings. The quantitative estimate of drug-likeness (QED) is 0.123. The number of carbonyl (C=O) groups excluding carboxylic acids is 2. The zero-order chi connectivity index (χ0) is 36.8. The summed E-state index contributed by atoms with van der Waals surface area (Å²) in [6, 6.07) is 7.75. The second-order valence-corrected chi connectivity index (χ2v) is 15.0. The smallest absolute Gasteiger partial charge is 0.309 e. The van der Waals surface area contributed by atoms with Gasteiger partial charge in [-0.3, -0.25) is 14.5 Å². The van der Waals surface area contributed by atoms with Gasteiger partial charge < -0.3 is 33.9 Å². The van der Waals surface area contributed by atoms with E-state index in [2.05, 4.69) is 25.7 Å². The summed E-state index contributed by atoms with van der Waals surface area (Å²) in [6.07, 6.45) is 7.66. The highest BCUT2D eigenvalue weighted by molar-refractivity contribution is 6.30. The zero-order valence-corrected chi connectivity index (χ0v) is 31.5. The fraction of sp³-hybridized carbons (Fsp3) is 0.641. The molecule has 50 heavy (non-hydrogen) atoms. The molecule has 278 valence electrons. The molecular formula is C39H56ClNO9. The number of benzene rings is 1. The average molecular weight is 718 g/mol. The maximum atomic E-state index is 12.9. The fourth-order valence-electron chi connectivity index (χ4n) is 7.29. The number of cyclic esters (lactones) is 1. The van der Waals surface area contributed by atoms with Crippen molar-refractivity contribution in [2.24, 2.45) is 11.8 Å². The van der Waals surface area contributed by atoms with Crippen molar-refractivity contribution >= 4 is 23.5 Å². The summed E-state index contributed by atoms with van der Waals surface area (Å²) in [5.41, 5.74) is -0.245. The summed E-state index contributed by atoms with van der Waals surface area (Å²) in [7, 11) is 1.75. The van der Waals surface area contributed by atoms with Gasteiger partial charge in [-0.25, -0.2) is 0 Å². The molecule has 0 aromatic heterocycles. The maximum absolute atomic E-state index is 12.9. The number of aliphatic hydroxyl groups is 2. The summed E-state index contributed by atoms with van der Waals surface area (Å²) in [4.78, 5) is 27.1. The molecule has 11 heteroatoms. The number of allylic oxidation sites excluding steroid dienone is 2. The van der Waals surface area contributed by atoms with E-state index in [1.54, 1.807) is 26.2 Å². The Bertz CT molecular complexity index is 1390. The second-order valence-electron chi connectivity index (χ2n) is 14.6. The van der Waals surface area contributed by atoms with Crippen LogP contribution in [-0.4, -0.2) is 94.8 Å². The molecule has 3 heterocycles. The molecule has 4 rings (SSSR count). The monoisotopic (exact) mass is 717 g/mol. The Balaban J connectivity index is 1.59. The molecular weight excluding hydrogens is 662 g/mol. The first kappa shape index (κ1) is 40.2. The molecule has 2 N–H and O–H groups in total. The lowest BCUT2D eigenvalue weighted by Gasteiger charge is -2.32. The molecule has 11 atom stereocenters. The van der Waals surface area contributed by atoms with Crippen LogP contribution < -0.4 is 0 Å². The van der Waals surface area contributed by atoms with Crippen LogP contribution in [0.25, 0.3) is 0 Å². The van der Waals surface area contributed by atoms with Crippen molar-refractivity contribution in [1.29, 1.82) is 0 Å². The molecule has 0 aliphatic carbocycles. The van der Waals surface area contributed by atoms with E-state index in [4.69, 9.17) is 35.3 Å². The molecule has 0 saturated carbocycles. The Morgan fingerprint density at radius 1 is 1.20 bits per heavy atom. The van der Waals surface area contributed by atoms with Gasteiger partial charge in [-0.15, -0.1) is 0 Å². The minimum absolute atomic E-state index is 0.0273. The fourth-order valence-corrected chi connectivity index (χ4v) is 7.42. The van der Waals surface area contributed by atoms with Crippen molar-refractivity contribution in [3.63, 3.8) is 0 Å². The summed E-state index contributed by atoms with van der Waals surface area (Å²) in [5.74, 6) is -1.20. The van der Waals surface area contributed by atoms with Gasteiger partial charge in [-0.1, -0.05) is 68.8 Å². The second kappa shape index (κ2) is 17.3. The van der Waals surface area contributed by atoms with Crippen molar-refractivity contribution in [2.45, 2.75) is 135 Å². The van der Waals surface area contributed by atoms with Gasteiger partial charge in [0.15, 0.2) is 0 Å². The van der Waals surface area contributed by atoms with Gasteiger partial charge >= 0.3 is 11.9 Å². The number of esters is 2. The van der Waals surface area contributed by atoms with E-state index >= 15 is 0 Å². The lowest BCUT2D eigenvalue weighted by atomic mass is 9.86. The van der Waals surface area contributed by atoms with Gasteiger partial charge in [-0.05, 0) is 69.4 Å². The Labute approximate surface area is 302 Å². The molecule has 2 saturated heterocycles. The Morgan fingerprint density at radius 3 is 2.54 bits per heavy atom. The zero-order valence-electron chi connectivity index (χ0n) is 30.7. The van der Waals surface area contributed by atoms with Crippen molar-refractivity contribution in [3.8, 4) is 0 Å². The average Bonchev–Trinajstić information content (AvgIpc) is 3.77. The van der Waals surface area contributed by atoms with Gasteiger partial charge in [0.2, 0.25) is 0 Å². The normalized spacial score (nSPS) is 36.3. The number of methoxy groups -OCH3 is 1. The molecule has 0 spiro atoms. The third-order valence-corrected chi connectivity index (χ3v) is 10.6. The molecule has 2 fully saturated rings. The minimum atomic E-state index is -1.44. The van der Waals surface area contributed by atoms with Crippen molar-refractivity contribution in [3.05, 3.63) is 70.8 Å². The molecule has 3 aliphatic rings. The van der Waals surface area contributed by atoms with E-state index in [0.717, 1.165) is 17.6 Å². The topological polar surface area (TPSA) is 127 Å². The van der Waals surface area contributed by atoms with Gasteiger partial charge in [0, 0.05) is 37.4 Å². The highest BCUT2D eigenvalue weighted by Gasteiger charge is 2.59. The Kier molecular flexibility index (Phi) is 13.9. The third-order valence-electron chi connectivity index (χ3n) is 10.4. The van der Waals surface area contributed by atoms with E-state index < -0.39 is 41.5 Å². The number of carbonyl (C=O) groups is 2. The van der Waals surface area contributed by atoms with Crippen LogP contribution in [0, 0.1) is 11.8 Å². The van der Waals surface area contributed by atoms with Crippen LogP contribution in [0.4, 0.5) is 0 Å². The van der Waals surface area contributed by atoms with Crippen molar-refractivity contribution in [1.82, 2.24) is 4.90 Å². The van der Waals surface area contributed by atoms with Gasteiger partial charge in [0.1, 0.15) is 36.2 Å². The molecule has 1 aromatic carbocycles. The van der Waals surface area contributed by atoms with Crippen LogP contribution in [0.15, 0.2) is 60.2 Å². The van der Waals surface area contributed by atoms with E-state index in [1.807, 2.05) is 56.3 Å². The van der Waals surface area contributed by atoms with Crippen LogP contribution >= 0.6 is 11.6 Å². The first-order valence-corrected chi connectivity index (χ1v) is 18.1. The van der Waals surface area contributed by atoms with Gasteiger partial charge in [-0.2, -0.15) is 0 Å². The van der Waals surface area contributed by atoms with Crippen LogP contribution in [0.2, 0.25) is 5.02 Å². The highest BCUT2D eigenvalue weighted by Crippen LogP contribution is 2.45. The molecule has 10 nitrogen and oxygen atoms in total. The lowest BCUT2D eigenvalue weighted by Crippen LogP contribution is -2.47. The summed E-state index contributed by atoms with van der Waals surface area (Å²) < 4.78 is 30.0. The minimum Gasteiger partial charge on any atom is -0.457 e. The summed E-state index contributed by atoms with van der Waals surface area (Å²) in [6.45, 7) is 14.1. The van der Waals surface area contributed by atoms with E-state index in [9.17, 15) is 19.8 Å². The SMILES string of the molecule is CC[C@H](OC)[C@@H](C)[C@H]1O[C@@H]1C1N(Cc2ccc(Cl)cc2)COC1(C)/C=C/C=C(\C)[C@@H]1OC(=O)C[C@H](O)CC[C@@](C)(O)[C@@H](OC(C)=O)/C=C/[C@@H]1C. The highest BCUT2D eigenvalue weighted by atomic mass is 35.5. The summed E-state index contributed by atoms with van der Waals surface area (Å²) in [5, 5.41) is 22.4. The van der Waals surface area contributed by atoms with Gasteiger partial charge in [0.05, 0.1) is 30.8 Å². The predicted molar refractivity (Wildman–Crippen MR) is 191 cm³/mol. The van der Waals surface area contributed by atoms with Crippen LogP contribution in [0.3, 0.4) is 0 Å². The van der Waals surface area contributed by atoms with E-state index in [1.165, 1.54) is 6.92 Å². The maximum Gasteiger partial charge on any atom is 0.309 e. The predicted octanol–water partition coefficient (Wildman–Crippen LogP) is 5.92. The molecule has 0 radical (unpaired) electrons. The number of aliphatic hydroxyl groups excluding tert-OH is 1. The van der Waals surface area contributed by atoms with E-state index in [-0.39, 0.29) is 55.5 Å². The summed E-state index contributed by atoms with van der Waals surface area (Å²) >= 11 is 6.16. The number of nitrogens with zero attached hydrogens (tertiary/aromatic N) is 1. The Morgan fingerprint density at radius 2 is 1.90 bits per heavy atom. The number of ether oxygens (including phenoxy) is 5. The standard InChI is InChI=1S/C39H56ClNO9/c1-9-31(46-8)26(4)35-36(50-35)37-39(7,47-23-41(37)22-28-13-15-29(40)16-14-28)19-10-11-24(2)34-25(3)12-17-32(48-27(5)42)38(6,45)20-18-30(43)21-33(44)49-34/h10-17,19,25-26,30-32,34-37,43,45H,9,18,20-23H2,1-8H3/b17-12+,19-10+,24-11+/t25-,26+,30+,31-,32-,34-,35+,36-,37?,38+,39?/m0/s1. The lowest BCUT2D eigenvalue weighted by molar-refractivity contribution is -0.157. The van der Waals surface area contributed by atoms with Crippen LogP contribution in [0.1, 0.15) is 79.7 Å². The first-order chi connectivity index (χ1) is 23.6. The van der Waals surface area contributed by atoms with Crippen molar-refractivity contribution < 1.29 is 43.5 Å². The third kappa shape index (κ3) is 10.3. The Hall–Kier alpha value is -2.57.